The normalized spacial score (nSPS) is 10.6. The lowest BCUT2D eigenvalue weighted by Gasteiger charge is -2.12. The minimum atomic E-state index is 0.772. The number of nitrogens with two attached hydrogens (primary N) is 2. The van der Waals surface area contributed by atoms with Crippen LogP contribution in [0.5, 0.6) is 0 Å². The minimum Gasteiger partial charge on any atom is -0.399 e. The van der Waals surface area contributed by atoms with Crippen molar-refractivity contribution in [1.82, 2.24) is 0 Å². The van der Waals surface area contributed by atoms with Gasteiger partial charge in [-0.15, -0.1) is 0 Å². The van der Waals surface area contributed by atoms with Crippen molar-refractivity contribution < 1.29 is 0 Å². The summed E-state index contributed by atoms with van der Waals surface area (Å²) in [6, 6.07) is 20.5. The van der Waals surface area contributed by atoms with Crippen molar-refractivity contribution in [2.75, 3.05) is 11.5 Å². The van der Waals surface area contributed by atoms with Gasteiger partial charge < -0.3 is 11.5 Å². The maximum absolute atomic E-state index is 6.21. The zero-order valence-corrected chi connectivity index (χ0v) is 12.9. The average molecular weight is 288 g/mol. The summed E-state index contributed by atoms with van der Waals surface area (Å²) >= 11 is 0. The van der Waals surface area contributed by atoms with Gasteiger partial charge in [-0.1, -0.05) is 42.0 Å². The van der Waals surface area contributed by atoms with Gasteiger partial charge in [-0.3, -0.25) is 0 Å². The molecular formula is C20H20N2. The van der Waals surface area contributed by atoms with Gasteiger partial charge in [0, 0.05) is 16.9 Å². The number of benzene rings is 3. The quantitative estimate of drug-likeness (QED) is 0.665. The summed E-state index contributed by atoms with van der Waals surface area (Å²) in [6.07, 6.45) is 0. The van der Waals surface area contributed by atoms with Crippen molar-refractivity contribution in [3.05, 3.63) is 71.8 Å². The summed E-state index contributed by atoms with van der Waals surface area (Å²) in [4.78, 5) is 0. The van der Waals surface area contributed by atoms with Crippen LogP contribution >= 0.6 is 0 Å². The monoisotopic (exact) mass is 288 g/mol. The molecule has 2 heteroatoms. The van der Waals surface area contributed by atoms with Crippen molar-refractivity contribution in [3.63, 3.8) is 0 Å². The molecule has 0 aliphatic carbocycles. The first-order valence-electron chi connectivity index (χ1n) is 7.37. The first-order chi connectivity index (χ1) is 10.5. The molecule has 0 unspecified atom stereocenters. The van der Waals surface area contributed by atoms with Gasteiger partial charge in [0.05, 0.1) is 0 Å². The van der Waals surface area contributed by atoms with E-state index in [1.807, 2.05) is 36.4 Å². The predicted molar refractivity (Wildman–Crippen MR) is 95.6 cm³/mol. The van der Waals surface area contributed by atoms with Crippen LogP contribution in [0.1, 0.15) is 11.1 Å². The molecule has 0 atom stereocenters. The highest BCUT2D eigenvalue weighted by atomic mass is 14.6. The lowest BCUT2D eigenvalue weighted by atomic mass is 9.94. The summed E-state index contributed by atoms with van der Waals surface area (Å²) in [6.45, 7) is 4.22. The molecule has 0 aliphatic heterocycles. The molecule has 0 aliphatic rings. The van der Waals surface area contributed by atoms with Gasteiger partial charge in [0.25, 0.3) is 0 Å². The Morgan fingerprint density at radius 3 is 2.00 bits per heavy atom. The van der Waals surface area contributed by atoms with Crippen molar-refractivity contribution in [2.24, 2.45) is 0 Å². The third-order valence-corrected chi connectivity index (χ3v) is 3.97. The van der Waals surface area contributed by atoms with Crippen LogP contribution in [0.15, 0.2) is 60.7 Å². The van der Waals surface area contributed by atoms with Crippen LogP contribution in [0, 0.1) is 13.8 Å². The smallest absolute Gasteiger partial charge is 0.0394 e. The van der Waals surface area contributed by atoms with Gasteiger partial charge in [-0.25, -0.2) is 0 Å². The third-order valence-electron chi connectivity index (χ3n) is 3.97. The molecule has 0 saturated carbocycles. The zero-order chi connectivity index (χ0) is 15.7. The van der Waals surface area contributed by atoms with E-state index < -0.39 is 0 Å². The molecule has 4 N–H and O–H groups in total. The van der Waals surface area contributed by atoms with Gasteiger partial charge in [-0.2, -0.15) is 0 Å². The van der Waals surface area contributed by atoms with E-state index in [1.165, 1.54) is 16.7 Å². The minimum absolute atomic E-state index is 0.772. The standard InChI is InChI=1S/C20H20N2/c1-13-3-9-18(14(2)11-13)19-12-16(6-10-20(19)22)15-4-7-17(21)8-5-15/h3-12H,21-22H2,1-2H3. The number of anilines is 2. The second kappa shape index (κ2) is 5.57. The van der Waals surface area contributed by atoms with Crippen molar-refractivity contribution >= 4 is 11.4 Å². The highest BCUT2D eigenvalue weighted by Crippen LogP contribution is 2.33. The molecule has 0 radical (unpaired) electrons. The molecule has 0 aromatic heterocycles. The lowest BCUT2D eigenvalue weighted by Crippen LogP contribution is -1.93. The average Bonchev–Trinajstić information content (AvgIpc) is 2.49. The van der Waals surface area contributed by atoms with Gasteiger partial charge in [0.15, 0.2) is 0 Å². The lowest BCUT2D eigenvalue weighted by molar-refractivity contribution is 1.38. The summed E-state index contributed by atoms with van der Waals surface area (Å²) in [5.74, 6) is 0. The van der Waals surface area contributed by atoms with Gasteiger partial charge in [0.2, 0.25) is 0 Å². The highest BCUT2D eigenvalue weighted by molar-refractivity contribution is 5.83. The molecule has 0 saturated heterocycles. The number of nitrogen functional groups attached to an aromatic ring is 2. The Morgan fingerprint density at radius 2 is 1.32 bits per heavy atom. The first kappa shape index (κ1) is 14.2. The van der Waals surface area contributed by atoms with E-state index in [9.17, 15) is 0 Å². The van der Waals surface area contributed by atoms with Crippen molar-refractivity contribution in [3.8, 4) is 22.3 Å². The summed E-state index contributed by atoms with van der Waals surface area (Å²) < 4.78 is 0. The molecule has 110 valence electrons. The number of rotatable bonds is 2. The van der Waals surface area contributed by atoms with Gasteiger partial charge >= 0.3 is 0 Å². The highest BCUT2D eigenvalue weighted by Gasteiger charge is 2.08. The molecule has 0 bridgehead atoms. The van der Waals surface area contributed by atoms with Gasteiger partial charge in [0.1, 0.15) is 0 Å². The molecule has 0 amide bonds. The molecule has 0 heterocycles. The van der Waals surface area contributed by atoms with E-state index in [2.05, 4.69) is 38.1 Å². The molecule has 3 rings (SSSR count). The van der Waals surface area contributed by atoms with Crippen molar-refractivity contribution in [1.29, 1.82) is 0 Å². The van der Waals surface area contributed by atoms with E-state index in [-0.39, 0.29) is 0 Å². The van der Waals surface area contributed by atoms with Crippen LogP contribution < -0.4 is 11.5 Å². The number of aryl methyl sites for hydroxylation is 2. The van der Waals surface area contributed by atoms with E-state index in [1.54, 1.807) is 0 Å². The maximum atomic E-state index is 6.21. The Hall–Kier alpha value is -2.74. The van der Waals surface area contributed by atoms with Crippen LogP contribution in [0.4, 0.5) is 11.4 Å². The molecule has 0 spiro atoms. The van der Waals surface area contributed by atoms with Crippen LogP contribution in [0.2, 0.25) is 0 Å². The fourth-order valence-electron chi connectivity index (χ4n) is 2.76. The topological polar surface area (TPSA) is 52.0 Å². The van der Waals surface area contributed by atoms with E-state index >= 15 is 0 Å². The number of hydrogen-bond donors (Lipinski definition) is 2. The second-order valence-corrected chi connectivity index (χ2v) is 5.74. The van der Waals surface area contributed by atoms with Crippen LogP contribution in [0.25, 0.3) is 22.3 Å². The summed E-state index contributed by atoms with van der Waals surface area (Å²) in [7, 11) is 0. The van der Waals surface area contributed by atoms with Crippen molar-refractivity contribution in [2.45, 2.75) is 13.8 Å². The van der Waals surface area contributed by atoms with E-state index in [4.69, 9.17) is 11.5 Å². The first-order valence-corrected chi connectivity index (χ1v) is 7.37. The largest absolute Gasteiger partial charge is 0.399 e. The zero-order valence-electron chi connectivity index (χ0n) is 12.9. The maximum Gasteiger partial charge on any atom is 0.0394 e. The van der Waals surface area contributed by atoms with Crippen LogP contribution in [-0.2, 0) is 0 Å². The Morgan fingerprint density at radius 1 is 0.636 bits per heavy atom. The Bertz CT molecular complexity index is 818. The number of hydrogen-bond acceptors (Lipinski definition) is 2. The second-order valence-electron chi connectivity index (χ2n) is 5.74. The summed E-state index contributed by atoms with van der Waals surface area (Å²) in [5.41, 5.74) is 20.6. The molecular weight excluding hydrogens is 268 g/mol. The van der Waals surface area contributed by atoms with Crippen LogP contribution in [0.3, 0.4) is 0 Å². The Balaban J connectivity index is 2.12. The predicted octanol–water partition coefficient (Wildman–Crippen LogP) is 4.80. The molecule has 22 heavy (non-hydrogen) atoms. The fourth-order valence-corrected chi connectivity index (χ4v) is 2.76. The Kier molecular flexibility index (Phi) is 3.60. The molecule has 0 fully saturated rings. The fraction of sp³-hybridized carbons (Fsp3) is 0.100. The molecule has 3 aromatic carbocycles. The van der Waals surface area contributed by atoms with Gasteiger partial charge in [-0.05, 0) is 60.4 Å². The van der Waals surface area contributed by atoms with E-state index in [0.717, 1.165) is 28.1 Å². The summed E-state index contributed by atoms with van der Waals surface area (Å²) in [5, 5.41) is 0. The van der Waals surface area contributed by atoms with Crippen LogP contribution in [-0.4, -0.2) is 0 Å². The third kappa shape index (κ3) is 2.68. The molecule has 2 nitrogen and oxygen atoms in total. The SMILES string of the molecule is Cc1ccc(-c2cc(-c3ccc(N)cc3)ccc2N)c(C)c1. The molecule has 3 aromatic rings. The van der Waals surface area contributed by atoms with E-state index in [0.29, 0.717) is 0 Å². The Labute approximate surface area is 131 Å².